The first-order valence-corrected chi connectivity index (χ1v) is 5.75. The number of hydrogen-bond donors (Lipinski definition) is 1. The zero-order chi connectivity index (χ0) is 15.1. The highest BCUT2D eigenvalue weighted by Gasteiger charge is 2.64. The summed E-state index contributed by atoms with van der Waals surface area (Å²) >= 11 is 0. The summed E-state index contributed by atoms with van der Waals surface area (Å²) < 4.78 is 40.3. The first kappa shape index (κ1) is 14.4. The molecule has 0 spiro atoms. The number of likely N-dealkylation sites (tertiary alicyclic amines) is 1. The molecule has 0 aromatic carbocycles. The molecular weight excluding hydrogens is 279 g/mol. The van der Waals surface area contributed by atoms with Gasteiger partial charge >= 0.3 is 12.1 Å². The van der Waals surface area contributed by atoms with Crippen molar-refractivity contribution < 1.29 is 27.9 Å². The first-order valence-electron chi connectivity index (χ1n) is 5.75. The third kappa shape index (κ3) is 2.12. The molecule has 1 aliphatic heterocycles. The van der Waals surface area contributed by atoms with Gasteiger partial charge in [0.25, 0.3) is 5.91 Å². The Labute approximate surface area is 111 Å². The highest BCUT2D eigenvalue weighted by Crippen LogP contribution is 2.45. The van der Waals surface area contributed by atoms with E-state index >= 15 is 0 Å². The number of carbonyl (C=O) groups is 2. The van der Waals surface area contributed by atoms with E-state index in [2.05, 4.69) is 5.10 Å². The van der Waals surface area contributed by atoms with Crippen molar-refractivity contribution in [3.05, 3.63) is 18.0 Å². The van der Waals surface area contributed by atoms with Crippen molar-refractivity contribution in [3.63, 3.8) is 0 Å². The van der Waals surface area contributed by atoms with Crippen molar-refractivity contribution in [3.8, 4) is 0 Å². The summed E-state index contributed by atoms with van der Waals surface area (Å²) in [5.41, 5.74) is -2.75. The summed E-state index contributed by atoms with van der Waals surface area (Å²) in [6.07, 6.45) is -2.94. The first-order chi connectivity index (χ1) is 9.17. The summed E-state index contributed by atoms with van der Waals surface area (Å²) in [7, 11) is 1.57. The molecular formula is C11H12F3N3O3. The van der Waals surface area contributed by atoms with Crippen molar-refractivity contribution >= 4 is 11.9 Å². The molecule has 1 N–H and O–H groups in total. The van der Waals surface area contributed by atoms with Crippen LogP contribution in [-0.4, -0.2) is 50.9 Å². The van der Waals surface area contributed by atoms with Crippen molar-refractivity contribution in [2.75, 3.05) is 13.1 Å². The van der Waals surface area contributed by atoms with Crippen LogP contribution in [0.4, 0.5) is 13.2 Å². The molecule has 110 valence electrons. The minimum absolute atomic E-state index is 0.135. The van der Waals surface area contributed by atoms with Crippen LogP contribution >= 0.6 is 0 Å². The van der Waals surface area contributed by atoms with Gasteiger partial charge in [-0.3, -0.25) is 14.3 Å². The van der Waals surface area contributed by atoms with E-state index < -0.39 is 36.4 Å². The summed E-state index contributed by atoms with van der Waals surface area (Å²) in [5.74, 6) is -2.60. The van der Waals surface area contributed by atoms with Crippen LogP contribution in [0, 0.1) is 5.41 Å². The minimum atomic E-state index is -4.90. The van der Waals surface area contributed by atoms with Gasteiger partial charge in [0.05, 0.1) is 11.8 Å². The molecule has 1 amide bonds. The number of carbonyl (C=O) groups excluding carboxylic acids is 1. The van der Waals surface area contributed by atoms with Crippen LogP contribution in [0.15, 0.2) is 12.4 Å². The molecule has 2 rings (SSSR count). The minimum Gasteiger partial charge on any atom is -0.481 e. The van der Waals surface area contributed by atoms with E-state index in [4.69, 9.17) is 5.11 Å². The molecule has 2 heterocycles. The van der Waals surface area contributed by atoms with E-state index in [0.29, 0.717) is 0 Å². The normalized spacial score (nSPS) is 23.1. The average molecular weight is 291 g/mol. The van der Waals surface area contributed by atoms with Gasteiger partial charge in [-0.05, 0) is 6.42 Å². The number of aryl methyl sites for hydroxylation is 1. The van der Waals surface area contributed by atoms with Crippen LogP contribution in [-0.2, 0) is 11.8 Å². The standard InChI is InChI=1S/C11H12F3N3O3/c1-16-5-7(4-15-16)8(18)17-3-2-10(6-17,9(19)20)11(12,13)14/h4-5H,2-3,6H2,1H3,(H,19,20). The maximum Gasteiger partial charge on any atom is 0.406 e. The van der Waals surface area contributed by atoms with Crippen molar-refractivity contribution in [1.29, 1.82) is 0 Å². The number of amides is 1. The molecule has 0 aliphatic carbocycles. The Morgan fingerprint density at radius 2 is 2.10 bits per heavy atom. The quantitative estimate of drug-likeness (QED) is 0.878. The zero-order valence-corrected chi connectivity index (χ0v) is 10.5. The molecule has 0 radical (unpaired) electrons. The molecule has 9 heteroatoms. The monoisotopic (exact) mass is 291 g/mol. The van der Waals surface area contributed by atoms with Crippen LogP contribution in [0.5, 0.6) is 0 Å². The van der Waals surface area contributed by atoms with Gasteiger partial charge in [0.2, 0.25) is 0 Å². The van der Waals surface area contributed by atoms with E-state index in [9.17, 15) is 22.8 Å². The summed E-state index contributed by atoms with van der Waals surface area (Å²) in [5, 5.41) is 12.7. The Balaban J connectivity index is 2.23. The van der Waals surface area contributed by atoms with Crippen LogP contribution < -0.4 is 0 Å². The number of alkyl halides is 3. The highest BCUT2D eigenvalue weighted by atomic mass is 19.4. The Hall–Kier alpha value is -2.06. The lowest BCUT2D eigenvalue weighted by molar-refractivity contribution is -0.227. The van der Waals surface area contributed by atoms with Gasteiger partial charge in [0.15, 0.2) is 5.41 Å². The fraction of sp³-hybridized carbons (Fsp3) is 0.545. The Kier molecular flexibility index (Phi) is 3.23. The number of rotatable bonds is 2. The summed E-state index contributed by atoms with van der Waals surface area (Å²) in [4.78, 5) is 23.9. The van der Waals surface area contributed by atoms with Crippen LogP contribution in [0.1, 0.15) is 16.8 Å². The lowest BCUT2D eigenvalue weighted by Crippen LogP contribution is -2.47. The summed E-state index contributed by atoms with van der Waals surface area (Å²) in [6.45, 7) is -1.13. The topological polar surface area (TPSA) is 75.4 Å². The van der Waals surface area contributed by atoms with Crippen LogP contribution in [0.3, 0.4) is 0 Å². The fourth-order valence-corrected chi connectivity index (χ4v) is 2.22. The van der Waals surface area contributed by atoms with Crippen molar-refractivity contribution in [2.24, 2.45) is 12.5 Å². The molecule has 1 aliphatic rings. The van der Waals surface area contributed by atoms with Gasteiger partial charge in [0, 0.05) is 26.3 Å². The molecule has 20 heavy (non-hydrogen) atoms. The number of aliphatic carboxylic acids is 1. The number of halogens is 3. The fourth-order valence-electron chi connectivity index (χ4n) is 2.22. The summed E-state index contributed by atoms with van der Waals surface area (Å²) in [6, 6.07) is 0. The number of carboxylic acid groups (broad SMARTS) is 1. The SMILES string of the molecule is Cn1cc(C(=O)N2CCC(C(=O)O)(C(F)(F)F)C2)cn1. The van der Waals surface area contributed by atoms with Gasteiger partial charge in [-0.2, -0.15) is 18.3 Å². The number of nitrogens with zero attached hydrogens (tertiary/aromatic N) is 3. The van der Waals surface area contributed by atoms with Crippen LogP contribution in [0.2, 0.25) is 0 Å². The second-order valence-electron chi connectivity index (χ2n) is 4.76. The van der Waals surface area contributed by atoms with E-state index in [1.54, 1.807) is 7.05 Å². The Morgan fingerprint density at radius 1 is 1.45 bits per heavy atom. The molecule has 1 aromatic rings. The predicted octanol–water partition coefficient (Wildman–Crippen LogP) is 0.899. The molecule has 0 bridgehead atoms. The maximum atomic E-state index is 13.0. The lowest BCUT2D eigenvalue weighted by Gasteiger charge is -2.27. The molecule has 6 nitrogen and oxygen atoms in total. The van der Waals surface area contributed by atoms with E-state index in [0.717, 1.165) is 4.90 Å². The average Bonchev–Trinajstić information content (AvgIpc) is 2.93. The van der Waals surface area contributed by atoms with Gasteiger partial charge in [0.1, 0.15) is 0 Å². The van der Waals surface area contributed by atoms with Crippen molar-refractivity contribution in [1.82, 2.24) is 14.7 Å². The van der Waals surface area contributed by atoms with Crippen molar-refractivity contribution in [2.45, 2.75) is 12.6 Å². The number of hydrogen-bond acceptors (Lipinski definition) is 3. The highest BCUT2D eigenvalue weighted by molar-refractivity contribution is 5.94. The molecule has 1 saturated heterocycles. The molecule has 1 unspecified atom stereocenters. The largest absolute Gasteiger partial charge is 0.481 e. The molecule has 1 atom stereocenters. The predicted molar refractivity (Wildman–Crippen MR) is 59.9 cm³/mol. The van der Waals surface area contributed by atoms with Gasteiger partial charge in [-0.15, -0.1) is 0 Å². The third-order valence-corrected chi connectivity index (χ3v) is 3.46. The molecule has 1 aromatic heterocycles. The number of aromatic nitrogens is 2. The van der Waals surface area contributed by atoms with E-state index in [-0.39, 0.29) is 12.1 Å². The second-order valence-corrected chi connectivity index (χ2v) is 4.76. The smallest absolute Gasteiger partial charge is 0.406 e. The Bertz CT molecular complexity index is 555. The molecule has 1 fully saturated rings. The van der Waals surface area contributed by atoms with E-state index in [1.807, 2.05) is 0 Å². The van der Waals surface area contributed by atoms with Gasteiger partial charge in [-0.25, -0.2) is 0 Å². The van der Waals surface area contributed by atoms with Gasteiger partial charge < -0.3 is 10.0 Å². The maximum absolute atomic E-state index is 13.0. The van der Waals surface area contributed by atoms with Gasteiger partial charge in [-0.1, -0.05) is 0 Å². The zero-order valence-electron chi connectivity index (χ0n) is 10.5. The Morgan fingerprint density at radius 3 is 2.50 bits per heavy atom. The second kappa shape index (κ2) is 4.50. The molecule has 0 saturated carbocycles. The lowest BCUT2D eigenvalue weighted by atomic mass is 9.86. The van der Waals surface area contributed by atoms with E-state index in [1.165, 1.54) is 17.1 Å². The number of carboxylic acids is 1. The third-order valence-electron chi connectivity index (χ3n) is 3.46. The van der Waals surface area contributed by atoms with Crippen LogP contribution in [0.25, 0.3) is 0 Å².